The molecule has 1 aromatic heterocycles. The van der Waals surface area contributed by atoms with Crippen LogP contribution in [0, 0.1) is 23.7 Å². The molecule has 0 spiro atoms. The minimum Gasteiger partial charge on any atom is -0.508 e. The molecule has 4 N–H and O–H groups in total. The number of benzene rings is 1. The molecule has 4 amide bonds. The molecule has 0 unspecified atom stereocenters. The molecular weight excluding hydrogens is 933 g/mol. The Morgan fingerprint density at radius 2 is 1.69 bits per heavy atom. The van der Waals surface area contributed by atoms with Gasteiger partial charge in [0.2, 0.25) is 11.8 Å². The fraction of sp³-hybridized carbons (Fsp3) is 0.667. The number of nitrogens with one attached hydrogen (secondary N) is 3. The van der Waals surface area contributed by atoms with Crippen molar-refractivity contribution in [3.63, 3.8) is 0 Å². The predicted molar refractivity (Wildman–Crippen MR) is 265 cm³/mol. The monoisotopic (exact) mass is 1010 g/mol. The summed E-state index contributed by atoms with van der Waals surface area (Å²) in [6.07, 6.45) is 2.71. The smallest absolute Gasteiger partial charge is 0.426 e. The van der Waals surface area contributed by atoms with Crippen LogP contribution in [0.4, 0.5) is 4.79 Å². The van der Waals surface area contributed by atoms with Gasteiger partial charge in [-0.3, -0.25) is 39.1 Å². The Balaban J connectivity index is 1.89. The molecule has 17 nitrogen and oxygen atoms in total. The highest BCUT2D eigenvalue weighted by atomic mass is 33.1. The number of aromatic hydroxyl groups is 1. The van der Waals surface area contributed by atoms with Gasteiger partial charge in [0.1, 0.15) is 23.1 Å². The van der Waals surface area contributed by atoms with E-state index < -0.39 is 59.9 Å². The normalized spacial score (nSPS) is 16.6. The summed E-state index contributed by atoms with van der Waals surface area (Å²) < 4.78 is 16.7. The van der Waals surface area contributed by atoms with Crippen molar-refractivity contribution < 1.29 is 52.9 Å². The summed E-state index contributed by atoms with van der Waals surface area (Å²) in [5.41, 5.74) is 5.45. The van der Waals surface area contributed by atoms with E-state index >= 15 is 0 Å². The van der Waals surface area contributed by atoms with Crippen LogP contribution in [0.25, 0.3) is 0 Å². The lowest BCUT2D eigenvalue weighted by Gasteiger charge is -2.39. The van der Waals surface area contributed by atoms with Crippen LogP contribution in [0.1, 0.15) is 140 Å². The quantitative estimate of drug-likeness (QED) is 0.0161. The lowest BCUT2D eigenvalue weighted by Crippen LogP contribution is -2.50. The second-order valence-electron chi connectivity index (χ2n) is 17.7. The van der Waals surface area contributed by atoms with Gasteiger partial charge in [0.25, 0.3) is 5.91 Å². The highest BCUT2D eigenvalue weighted by molar-refractivity contribution is 8.76. The number of aromatic nitrogens is 1. The number of hydrogen-bond donors (Lipinski definition) is 4. The minimum absolute atomic E-state index is 0.00508. The van der Waals surface area contributed by atoms with Gasteiger partial charge < -0.3 is 29.5 Å². The van der Waals surface area contributed by atoms with E-state index in [1.54, 1.807) is 40.6 Å². The molecule has 7 atom stereocenters. The summed E-state index contributed by atoms with van der Waals surface area (Å²) in [6.45, 7) is 15.2. The molecule has 380 valence electrons. The summed E-state index contributed by atoms with van der Waals surface area (Å²) >= 11 is 1.10. The molecule has 20 heteroatoms. The Hall–Kier alpha value is -4.40. The van der Waals surface area contributed by atoms with Gasteiger partial charge >= 0.3 is 18.0 Å². The molecule has 68 heavy (non-hydrogen) atoms. The SMILES string of the molecule is CCCC(=O)OCN(C(=O)[C@@H](CC(=O)[C@H]1CCCCN1C)[C@@H](C)CC)[C@H](C[C@@H](OC(C)=O)c1nc(C(=O)N[C@@H](Cc2ccc(O)cc2)C[C@H](C)C(=O)NNC(=O)OCCSSCC)cs1)C(C)C. The number of likely N-dealkylation sites (N-methyl/N-ethyl adjacent to an activating group) is 1. The van der Waals surface area contributed by atoms with Crippen LogP contribution in [-0.2, 0) is 44.6 Å². The lowest BCUT2D eigenvalue weighted by atomic mass is 9.82. The van der Waals surface area contributed by atoms with Crippen LogP contribution >= 0.6 is 32.9 Å². The molecular formula is C48H74N6O11S3. The highest BCUT2D eigenvalue weighted by Crippen LogP contribution is 2.34. The second-order valence-corrected chi connectivity index (χ2v) is 21.5. The number of hydrazine groups is 1. The van der Waals surface area contributed by atoms with E-state index in [9.17, 15) is 38.7 Å². The van der Waals surface area contributed by atoms with Crippen molar-refractivity contribution in [2.45, 2.75) is 144 Å². The van der Waals surface area contributed by atoms with E-state index in [0.29, 0.717) is 23.6 Å². The van der Waals surface area contributed by atoms with Crippen molar-refractivity contribution >= 4 is 74.5 Å². The maximum atomic E-state index is 14.9. The number of rotatable bonds is 28. The number of ether oxygens (including phenoxy) is 3. The maximum absolute atomic E-state index is 14.9. The zero-order valence-electron chi connectivity index (χ0n) is 41.2. The molecule has 0 bridgehead atoms. The number of nitrogens with zero attached hydrogens (tertiary/aromatic N) is 3. The summed E-state index contributed by atoms with van der Waals surface area (Å²) in [7, 11) is 5.16. The second kappa shape index (κ2) is 30.3. The highest BCUT2D eigenvalue weighted by Gasteiger charge is 2.40. The summed E-state index contributed by atoms with van der Waals surface area (Å²) in [6, 6.07) is 4.90. The van der Waals surface area contributed by atoms with Gasteiger partial charge in [-0.1, -0.05) is 95.0 Å². The molecule has 2 heterocycles. The van der Waals surface area contributed by atoms with E-state index in [4.69, 9.17) is 14.2 Å². The van der Waals surface area contributed by atoms with Gasteiger partial charge in [0.05, 0.1) is 6.04 Å². The predicted octanol–water partition coefficient (Wildman–Crippen LogP) is 7.63. The fourth-order valence-electron chi connectivity index (χ4n) is 8.01. The Labute approximate surface area is 414 Å². The first-order chi connectivity index (χ1) is 32.4. The number of thiazole rings is 1. The molecule has 1 fully saturated rings. The first-order valence-corrected chi connectivity index (χ1v) is 27.1. The van der Waals surface area contributed by atoms with Gasteiger partial charge in [0, 0.05) is 67.0 Å². The number of ketones is 1. The van der Waals surface area contributed by atoms with E-state index in [0.717, 1.165) is 48.5 Å². The van der Waals surface area contributed by atoms with Crippen molar-refractivity contribution in [1.29, 1.82) is 0 Å². The zero-order valence-corrected chi connectivity index (χ0v) is 43.7. The number of carbonyl (C=O) groups excluding carboxylic acids is 7. The number of phenols is 1. The minimum atomic E-state index is -1.02. The van der Waals surface area contributed by atoms with E-state index in [-0.39, 0.29) is 86.5 Å². The molecule has 0 saturated carbocycles. The van der Waals surface area contributed by atoms with E-state index in [1.807, 2.05) is 48.6 Å². The fourth-order valence-corrected chi connectivity index (χ4v) is 10.3. The third-order valence-corrected chi connectivity index (χ3v) is 15.4. The van der Waals surface area contributed by atoms with Crippen molar-refractivity contribution in [1.82, 2.24) is 31.0 Å². The van der Waals surface area contributed by atoms with Crippen molar-refractivity contribution in [2.75, 3.05) is 38.4 Å². The topological polar surface area (TPSA) is 223 Å². The first kappa shape index (κ1) is 57.9. The number of carbonyl (C=O) groups is 7. The third kappa shape index (κ3) is 19.5. The van der Waals surface area contributed by atoms with Gasteiger partial charge in [0.15, 0.2) is 18.6 Å². The number of likely N-dealkylation sites (tertiary alicyclic amines) is 1. The summed E-state index contributed by atoms with van der Waals surface area (Å²) in [5.74, 6) is -2.70. The van der Waals surface area contributed by atoms with E-state index in [2.05, 4.69) is 26.1 Å². The van der Waals surface area contributed by atoms with Gasteiger partial charge in [-0.05, 0) is 75.2 Å². The van der Waals surface area contributed by atoms with Crippen LogP contribution in [0.15, 0.2) is 29.6 Å². The number of amides is 4. The van der Waals surface area contributed by atoms with Crippen LogP contribution in [-0.4, -0.2) is 118 Å². The Bertz CT molecular complexity index is 1940. The standard InChI is InChI=1S/C48H74N6O11S3/c1-10-15-43(58)64-29-54(47(61)37(31(6)11-2)26-41(57)39-16-13-14-21-53(39)9)40(30(4)5)27-42(65-33(8)55)46-50-38(28-66-46)45(60)49-35(25-34-17-19-36(56)20-18-34)24-32(7)44(59)51-52-48(62)63-22-23-68-67-12-3/h17-20,28,30-32,35,37,39-40,42,56H,10-16,21-27,29H2,1-9H3,(H,49,60)(H,51,59)(H,52,62)/t31-,32-,35+,37-,39+,40+,42+/m0/s1. The summed E-state index contributed by atoms with van der Waals surface area (Å²) in [4.78, 5) is 102. The average Bonchev–Trinajstić information content (AvgIpc) is 3.80. The number of esters is 2. The number of phenolic OH excluding ortho intramolecular Hbond substituents is 1. The first-order valence-electron chi connectivity index (χ1n) is 23.8. The Kier molecular flexibility index (Phi) is 25.8. The number of hydrogen-bond acceptors (Lipinski definition) is 16. The lowest BCUT2D eigenvalue weighted by molar-refractivity contribution is -0.161. The van der Waals surface area contributed by atoms with Crippen molar-refractivity contribution in [3.05, 3.63) is 45.9 Å². The maximum Gasteiger partial charge on any atom is 0.426 e. The average molecular weight is 1010 g/mol. The largest absolute Gasteiger partial charge is 0.508 e. The van der Waals surface area contributed by atoms with Gasteiger partial charge in [-0.2, -0.15) is 0 Å². The number of piperidine rings is 1. The molecule has 2 aromatic rings. The molecule has 3 rings (SSSR count). The van der Waals surface area contributed by atoms with Crippen LogP contribution in [0.5, 0.6) is 5.75 Å². The molecule has 0 radical (unpaired) electrons. The Morgan fingerprint density at radius 1 is 0.971 bits per heavy atom. The van der Waals surface area contributed by atoms with Crippen molar-refractivity contribution in [3.8, 4) is 5.75 Å². The number of Topliss-reactive ketones (excluding diaryl/α,β-unsaturated/α-hetero) is 1. The molecule has 1 aliphatic heterocycles. The van der Waals surface area contributed by atoms with E-state index in [1.165, 1.54) is 29.3 Å². The third-order valence-electron chi connectivity index (χ3n) is 12.0. The summed E-state index contributed by atoms with van der Waals surface area (Å²) in [5, 5.41) is 14.7. The molecule has 1 saturated heterocycles. The zero-order chi connectivity index (χ0) is 50.3. The van der Waals surface area contributed by atoms with Gasteiger partial charge in [-0.25, -0.2) is 15.2 Å². The molecule has 1 aromatic carbocycles. The van der Waals surface area contributed by atoms with Crippen molar-refractivity contribution in [2.24, 2.45) is 23.7 Å². The van der Waals surface area contributed by atoms with Gasteiger partial charge in [-0.15, -0.1) is 11.3 Å². The van der Waals surface area contributed by atoms with Crippen LogP contribution in [0.3, 0.4) is 0 Å². The Morgan fingerprint density at radius 3 is 2.32 bits per heavy atom. The van der Waals surface area contributed by atoms with Crippen LogP contribution in [0.2, 0.25) is 0 Å². The van der Waals surface area contributed by atoms with Crippen LogP contribution < -0.4 is 16.2 Å². The molecule has 1 aliphatic rings. The molecule has 0 aliphatic carbocycles.